The minimum atomic E-state index is -0.517. The van der Waals surface area contributed by atoms with Crippen LogP contribution < -0.4 is 10.6 Å². The minimum absolute atomic E-state index is 0.0572. The molecule has 0 fully saturated rings. The third-order valence-electron chi connectivity index (χ3n) is 3.02. The van der Waals surface area contributed by atoms with Crippen molar-refractivity contribution in [3.63, 3.8) is 0 Å². The standard InChI is InChI=1S/C14H10ClFN2O/c15-10-6-5-8(7-11(10)16)17-13-9-3-1-2-4-12(9)18-14(13)19/h1-7,13,17H,(H,18,19). The number of hydrogen-bond acceptors (Lipinski definition) is 2. The molecule has 1 heterocycles. The van der Waals surface area contributed by atoms with Crippen molar-refractivity contribution in [2.24, 2.45) is 0 Å². The predicted octanol–water partition coefficient (Wildman–Crippen LogP) is 3.58. The van der Waals surface area contributed by atoms with Crippen molar-refractivity contribution in [1.29, 1.82) is 0 Å². The van der Waals surface area contributed by atoms with Gasteiger partial charge >= 0.3 is 0 Å². The molecule has 0 bridgehead atoms. The third-order valence-corrected chi connectivity index (χ3v) is 3.33. The van der Waals surface area contributed by atoms with E-state index in [1.807, 2.05) is 24.3 Å². The number of fused-ring (bicyclic) bond motifs is 1. The molecular weight excluding hydrogens is 267 g/mol. The second kappa shape index (κ2) is 4.55. The van der Waals surface area contributed by atoms with E-state index < -0.39 is 11.9 Å². The van der Waals surface area contributed by atoms with Crippen LogP contribution in [0.3, 0.4) is 0 Å². The maximum absolute atomic E-state index is 13.4. The molecule has 2 aromatic carbocycles. The van der Waals surface area contributed by atoms with Crippen LogP contribution in [0.5, 0.6) is 0 Å². The fraction of sp³-hybridized carbons (Fsp3) is 0.0714. The largest absolute Gasteiger partial charge is 0.370 e. The van der Waals surface area contributed by atoms with Crippen LogP contribution in [0.2, 0.25) is 5.02 Å². The lowest BCUT2D eigenvalue weighted by Crippen LogP contribution is -2.19. The molecule has 1 amide bonds. The molecule has 0 saturated carbocycles. The highest BCUT2D eigenvalue weighted by Gasteiger charge is 2.29. The second-order valence-corrected chi connectivity index (χ2v) is 4.69. The molecule has 2 aromatic rings. The summed E-state index contributed by atoms with van der Waals surface area (Å²) in [6.07, 6.45) is 0. The summed E-state index contributed by atoms with van der Waals surface area (Å²) < 4.78 is 13.4. The summed E-state index contributed by atoms with van der Waals surface area (Å²) in [6.45, 7) is 0. The van der Waals surface area contributed by atoms with Gasteiger partial charge in [-0.2, -0.15) is 0 Å². The number of nitrogens with one attached hydrogen (secondary N) is 2. The van der Waals surface area contributed by atoms with Crippen LogP contribution in [0.15, 0.2) is 42.5 Å². The predicted molar refractivity (Wildman–Crippen MR) is 72.8 cm³/mol. The number of para-hydroxylation sites is 1. The number of benzene rings is 2. The lowest BCUT2D eigenvalue weighted by Gasteiger charge is -2.13. The van der Waals surface area contributed by atoms with Crippen LogP contribution in [0.25, 0.3) is 0 Å². The zero-order valence-electron chi connectivity index (χ0n) is 9.78. The van der Waals surface area contributed by atoms with Gasteiger partial charge in [-0.15, -0.1) is 0 Å². The first kappa shape index (κ1) is 12.0. The molecule has 96 valence electrons. The van der Waals surface area contributed by atoms with Crippen LogP contribution in [-0.2, 0) is 4.79 Å². The Balaban J connectivity index is 1.91. The van der Waals surface area contributed by atoms with Crippen molar-refractivity contribution >= 4 is 28.9 Å². The fourth-order valence-corrected chi connectivity index (χ4v) is 2.22. The number of amides is 1. The lowest BCUT2D eigenvalue weighted by molar-refractivity contribution is -0.116. The maximum atomic E-state index is 13.4. The zero-order valence-corrected chi connectivity index (χ0v) is 10.5. The van der Waals surface area contributed by atoms with E-state index in [0.29, 0.717) is 5.69 Å². The summed E-state index contributed by atoms with van der Waals surface area (Å²) in [5, 5.41) is 5.83. The van der Waals surface area contributed by atoms with E-state index in [4.69, 9.17) is 11.6 Å². The van der Waals surface area contributed by atoms with E-state index >= 15 is 0 Å². The average Bonchev–Trinajstić information content (AvgIpc) is 2.71. The molecule has 3 rings (SSSR count). The van der Waals surface area contributed by atoms with Crippen molar-refractivity contribution in [1.82, 2.24) is 0 Å². The zero-order chi connectivity index (χ0) is 13.4. The molecule has 0 aromatic heterocycles. The van der Waals surface area contributed by atoms with Gasteiger partial charge in [-0.3, -0.25) is 4.79 Å². The number of carbonyl (C=O) groups is 1. The van der Waals surface area contributed by atoms with Crippen molar-refractivity contribution in [3.8, 4) is 0 Å². The molecule has 0 spiro atoms. The summed E-state index contributed by atoms with van der Waals surface area (Å²) in [4.78, 5) is 11.9. The first-order valence-electron chi connectivity index (χ1n) is 5.76. The van der Waals surface area contributed by atoms with Crippen molar-refractivity contribution in [2.75, 3.05) is 10.6 Å². The topological polar surface area (TPSA) is 41.1 Å². The van der Waals surface area contributed by atoms with Crippen molar-refractivity contribution < 1.29 is 9.18 Å². The van der Waals surface area contributed by atoms with E-state index in [2.05, 4.69) is 10.6 Å². The molecule has 2 N–H and O–H groups in total. The van der Waals surface area contributed by atoms with E-state index in [9.17, 15) is 9.18 Å². The lowest BCUT2D eigenvalue weighted by atomic mass is 10.1. The fourth-order valence-electron chi connectivity index (χ4n) is 2.10. The summed E-state index contributed by atoms with van der Waals surface area (Å²) >= 11 is 5.62. The Labute approximate surface area is 114 Å². The first-order valence-corrected chi connectivity index (χ1v) is 6.14. The van der Waals surface area contributed by atoms with Gasteiger partial charge in [0.25, 0.3) is 5.91 Å². The number of anilines is 2. The van der Waals surface area contributed by atoms with Crippen molar-refractivity contribution in [2.45, 2.75) is 6.04 Å². The van der Waals surface area contributed by atoms with Gasteiger partial charge in [0.1, 0.15) is 11.9 Å². The maximum Gasteiger partial charge on any atom is 0.251 e. The third kappa shape index (κ3) is 2.15. The Hall–Kier alpha value is -2.07. The summed E-state index contributed by atoms with van der Waals surface area (Å²) in [5.74, 6) is -0.671. The molecule has 1 aliphatic rings. The van der Waals surface area contributed by atoms with Gasteiger partial charge < -0.3 is 10.6 Å². The molecule has 19 heavy (non-hydrogen) atoms. The van der Waals surface area contributed by atoms with Gasteiger partial charge in [-0.25, -0.2) is 4.39 Å². The van der Waals surface area contributed by atoms with Gasteiger partial charge in [0, 0.05) is 16.9 Å². The molecule has 1 atom stereocenters. The van der Waals surface area contributed by atoms with E-state index in [1.54, 1.807) is 6.07 Å². The molecule has 0 radical (unpaired) electrons. The molecular formula is C14H10ClFN2O. The minimum Gasteiger partial charge on any atom is -0.370 e. The Bertz CT molecular complexity index is 660. The highest BCUT2D eigenvalue weighted by molar-refractivity contribution is 6.30. The molecule has 1 unspecified atom stereocenters. The monoisotopic (exact) mass is 276 g/mol. The smallest absolute Gasteiger partial charge is 0.251 e. The van der Waals surface area contributed by atoms with Crippen molar-refractivity contribution in [3.05, 3.63) is 58.9 Å². The van der Waals surface area contributed by atoms with Crippen LogP contribution in [-0.4, -0.2) is 5.91 Å². The molecule has 5 heteroatoms. The Kier molecular flexibility index (Phi) is 2.87. The Morgan fingerprint density at radius 2 is 2.00 bits per heavy atom. The number of halogens is 2. The highest BCUT2D eigenvalue weighted by Crippen LogP contribution is 2.33. The number of hydrogen-bond donors (Lipinski definition) is 2. The quantitative estimate of drug-likeness (QED) is 0.880. The Morgan fingerprint density at radius 1 is 1.21 bits per heavy atom. The van der Waals surface area contributed by atoms with Crippen LogP contribution in [0, 0.1) is 5.82 Å². The summed E-state index contributed by atoms with van der Waals surface area (Å²) in [5.41, 5.74) is 2.14. The van der Waals surface area contributed by atoms with Crippen LogP contribution in [0.1, 0.15) is 11.6 Å². The molecule has 3 nitrogen and oxygen atoms in total. The Morgan fingerprint density at radius 3 is 2.79 bits per heavy atom. The SMILES string of the molecule is O=C1Nc2ccccc2C1Nc1ccc(Cl)c(F)c1. The highest BCUT2D eigenvalue weighted by atomic mass is 35.5. The second-order valence-electron chi connectivity index (χ2n) is 4.28. The number of rotatable bonds is 2. The first-order chi connectivity index (χ1) is 9.15. The van der Waals surface area contributed by atoms with E-state index in [0.717, 1.165) is 11.3 Å². The normalized spacial score (nSPS) is 16.9. The van der Waals surface area contributed by atoms with Gasteiger partial charge in [0.15, 0.2) is 0 Å². The number of carbonyl (C=O) groups excluding carboxylic acids is 1. The average molecular weight is 277 g/mol. The van der Waals surface area contributed by atoms with Gasteiger partial charge in [0.2, 0.25) is 0 Å². The van der Waals surface area contributed by atoms with E-state index in [1.165, 1.54) is 12.1 Å². The molecule has 0 saturated heterocycles. The van der Waals surface area contributed by atoms with Gasteiger partial charge in [0.05, 0.1) is 5.02 Å². The van der Waals surface area contributed by atoms with Gasteiger partial charge in [-0.05, 0) is 24.3 Å². The van der Waals surface area contributed by atoms with E-state index in [-0.39, 0.29) is 10.9 Å². The van der Waals surface area contributed by atoms with Crippen LogP contribution >= 0.6 is 11.6 Å². The summed E-state index contributed by atoms with van der Waals surface area (Å²) in [6, 6.07) is 11.2. The van der Waals surface area contributed by atoms with Crippen LogP contribution in [0.4, 0.5) is 15.8 Å². The summed E-state index contributed by atoms with van der Waals surface area (Å²) in [7, 11) is 0. The molecule has 0 aliphatic carbocycles. The van der Waals surface area contributed by atoms with Gasteiger partial charge in [-0.1, -0.05) is 29.8 Å². The molecule has 1 aliphatic heterocycles.